The molecular weight excluding hydrogens is 408 g/mol. The largest absolute Gasteiger partial charge is 0.497 e. The first-order valence-electron chi connectivity index (χ1n) is 11.0. The van der Waals surface area contributed by atoms with E-state index in [0.717, 1.165) is 74.1 Å². The fourth-order valence-electron chi connectivity index (χ4n) is 4.40. The smallest absolute Gasteiger partial charge is 0.231 e. The van der Waals surface area contributed by atoms with E-state index in [2.05, 4.69) is 9.80 Å². The van der Waals surface area contributed by atoms with Crippen molar-refractivity contribution in [3.8, 4) is 17.2 Å². The topological polar surface area (TPSA) is 60.5 Å². The molecule has 0 aromatic heterocycles. The van der Waals surface area contributed by atoms with Gasteiger partial charge in [-0.05, 0) is 36.8 Å². The lowest BCUT2D eigenvalue weighted by Gasteiger charge is -2.33. The summed E-state index contributed by atoms with van der Waals surface area (Å²) in [5.74, 6) is 2.46. The summed E-state index contributed by atoms with van der Waals surface area (Å²) >= 11 is 0. The number of rotatable bonds is 5. The Kier molecular flexibility index (Phi) is 5.87. The molecule has 0 spiro atoms. The highest BCUT2D eigenvalue weighted by atomic mass is 16.5. The molecule has 1 saturated heterocycles. The van der Waals surface area contributed by atoms with Crippen molar-refractivity contribution < 1.29 is 23.7 Å². The number of carbonyl (C=O) groups is 1. The number of ketones is 1. The van der Waals surface area contributed by atoms with Crippen LogP contribution in [0.3, 0.4) is 0 Å². The second-order valence-electron chi connectivity index (χ2n) is 8.36. The van der Waals surface area contributed by atoms with Crippen LogP contribution in [0.5, 0.6) is 17.2 Å². The molecule has 3 aliphatic heterocycles. The van der Waals surface area contributed by atoms with Crippen LogP contribution in [-0.2, 0) is 11.3 Å². The highest BCUT2D eigenvalue weighted by molar-refractivity contribution is 6.15. The van der Waals surface area contributed by atoms with Gasteiger partial charge in [0.05, 0.1) is 25.9 Å². The second-order valence-corrected chi connectivity index (χ2v) is 8.36. The lowest BCUT2D eigenvalue weighted by Crippen LogP contribution is -2.43. The molecule has 32 heavy (non-hydrogen) atoms. The molecule has 7 nitrogen and oxygen atoms in total. The predicted octanol–water partition coefficient (Wildman–Crippen LogP) is 3.10. The van der Waals surface area contributed by atoms with Crippen molar-refractivity contribution >= 4 is 11.9 Å². The highest BCUT2D eigenvalue weighted by Crippen LogP contribution is 2.43. The maximum absolute atomic E-state index is 13.1. The minimum Gasteiger partial charge on any atom is -0.497 e. The van der Waals surface area contributed by atoms with E-state index in [0.29, 0.717) is 23.8 Å². The van der Waals surface area contributed by atoms with E-state index in [-0.39, 0.29) is 5.78 Å². The van der Waals surface area contributed by atoms with Crippen LogP contribution in [0.2, 0.25) is 0 Å². The van der Waals surface area contributed by atoms with Crippen LogP contribution in [0.15, 0.2) is 36.1 Å². The van der Waals surface area contributed by atoms with E-state index in [9.17, 15) is 4.79 Å². The molecule has 7 heteroatoms. The minimum absolute atomic E-state index is 0.0906. The molecular formula is C25H28N2O5. The van der Waals surface area contributed by atoms with E-state index >= 15 is 0 Å². The Bertz CT molecular complexity index is 1040. The zero-order valence-electron chi connectivity index (χ0n) is 18.6. The van der Waals surface area contributed by atoms with Gasteiger partial charge in [0.2, 0.25) is 5.78 Å². The SMILES string of the molecule is COc1ccc(C=C2Oc3c(cc4c(c3C)OCN(CCN3CCOCC3)C4)C2=O)cc1. The lowest BCUT2D eigenvalue weighted by molar-refractivity contribution is 0.0239. The van der Waals surface area contributed by atoms with Crippen molar-refractivity contribution in [3.63, 3.8) is 0 Å². The zero-order chi connectivity index (χ0) is 22.1. The van der Waals surface area contributed by atoms with Gasteiger partial charge in [-0.25, -0.2) is 0 Å². The Morgan fingerprint density at radius 1 is 1.06 bits per heavy atom. The standard InChI is InChI=1S/C25H28N2O5/c1-17-24-19(15-27(16-31-24)8-7-26-9-11-30-12-10-26)14-21-23(28)22(32-25(17)21)13-18-3-5-20(29-2)6-4-18/h3-6,13-14H,7-12,15-16H2,1-2H3. The fourth-order valence-corrected chi connectivity index (χ4v) is 4.40. The number of carbonyl (C=O) groups excluding carboxylic acids is 1. The van der Waals surface area contributed by atoms with Gasteiger partial charge in [0, 0.05) is 43.9 Å². The number of methoxy groups -OCH3 is 1. The third-order valence-corrected chi connectivity index (χ3v) is 6.25. The normalized spacial score (nSPS) is 19.9. The maximum atomic E-state index is 13.1. The van der Waals surface area contributed by atoms with Crippen molar-refractivity contribution in [1.82, 2.24) is 9.80 Å². The van der Waals surface area contributed by atoms with Gasteiger partial charge < -0.3 is 18.9 Å². The first kappa shape index (κ1) is 21.0. The number of hydrogen-bond donors (Lipinski definition) is 0. The minimum atomic E-state index is -0.0906. The number of allylic oxidation sites excluding steroid dienone is 1. The average molecular weight is 437 g/mol. The molecule has 0 saturated carbocycles. The molecule has 0 N–H and O–H groups in total. The summed E-state index contributed by atoms with van der Waals surface area (Å²) in [7, 11) is 1.63. The van der Waals surface area contributed by atoms with Crippen LogP contribution in [0.1, 0.15) is 27.0 Å². The van der Waals surface area contributed by atoms with Gasteiger partial charge in [0.15, 0.2) is 5.76 Å². The van der Waals surface area contributed by atoms with Gasteiger partial charge in [0.1, 0.15) is 24.0 Å². The van der Waals surface area contributed by atoms with Crippen LogP contribution < -0.4 is 14.2 Å². The number of hydrogen-bond acceptors (Lipinski definition) is 7. The van der Waals surface area contributed by atoms with Gasteiger partial charge in [0.25, 0.3) is 0 Å². The van der Waals surface area contributed by atoms with Crippen LogP contribution in [0.4, 0.5) is 0 Å². The molecule has 3 aliphatic rings. The van der Waals surface area contributed by atoms with E-state index in [4.69, 9.17) is 18.9 Å². The molecule has 0 atom stereocenters. The summed E-state index contributed by atoms with van der Waals surface area (Å²) in [6.45, 7) is 8.74. The first-order chi connectivity index (χ1) is 15.6. The lowest BCUT2D eigenvalue weighted by atomic mass is 10.00. The van der Waals surface area contributed by atoms with Crippen LogP contribution in [-0.4, -0.2) is 68.8 Å². The molecule has 0 radical (unpaired) electrons. The number of ether oxygens (including phenoxy) is 4. The number of morpholine rings is 1. The molecule has 1 fully saturated rings. The van der Waals surface area contributed by atoms with E-state index in [1.54, 1.807) is 13.2 Å². The summed E-state index contributed by atoms with van der Waals surface area (Å²) in [6.07, 6.45) is 1.77. The first-order valence-corrected chi connectivity index (χ1v) is 11.0. The molecule has 0 bridgehead atoms. The van der Waals surface area contributed by atoms with Crippen molar-refractivity contribution in [2.24, 2.45) is 0 Å². The third-order valence-electron chi connectivity index (χ3n) is 6.25. The van der Waals surface area contributed by atoms with Gasteiger partial charge in [-0.15, -0.1) is 0 Å². The molecule has 168 valence electrons. The molecule has 0 aliphatic carbocycles. The summed E-state index contributed by atoms with van der Waals surface area (Å²) in [4.78, 5) is 17.8. The highest BCUT2D eigenvalue weighted by Gasteiger charge is 2.33. The summed E-state index contributed by atoms with van der Waals surface area (Å²) < 4.78 is 22.7. The Morgan fingerprint density at radius 2 is 1.81 bits per heavy atom. The molecule has 3 heterocycles. The Balaban J connectivity index is 1.32. The van der Waals surface area contributed by atoms with E-state index < -0.39 is 0 Å². The number of benzene rings is 2. The van der Waals surface area contributed by atoms with Crippen LogP contribution in [0, 0.1) is 6.92 Å². The number of nitrogens with zero attached hydrogens (tertiary/aromatic N) is 2. The summed E-state index contributed by atoms with van der Waals surface area (Å²) in [5, 5.41) is 0. The second kappa shape index (κ2) is 8.94. The van der Waals surface area contributed by atoms with Crippen LogP contribution in [0.25, 0.3) is 6.08 Å². The van der Waals surface area contributed by atoms with Crippen molar-refractivity contribution in [3.05, 3.63) is 58.3 Å². The average Bonchev–Trinajstić information content (AvgIpc) is 3.14. The van der Waals surface area contributed by atoms with Crippen molar-refractivity contribution in [2.75, 3.05) is 53.2 Å². The molecule has 2 aromatic rings. The molecule has 2 aromatic carbocycles. The summed E-state index contributed by atoms with van der Waals surface area (Å²) in [5.41, 5.74) is 3.42. The van der Waals surface area contributed by atoms with Crippen molar-refractivity contribution in [1.29, 1.82) is 0 Å². The van der Waals surface area contributed by atoms with Crippen LogP contribution >= 0.6 is 0 Å². The predicted molar refractivity (Wildman–Crippen MR) is 120 cm³/mol. The van der Waals surface area contributed by atoms with Crippen molar-refractivity contribution in [2.45, 2.75) is 13.5 Å². The zero-order valence-corrected chi connectivity index (χ0v) is 18.6. The Hall–Kier alpha value is -2.87. The van der Waals surface area contributed by atoms with E-state index in [1.165, 1.54) is 0 Å². The molecule has 0 amide bonds. The Labute approximate surface area is 188 Å². The quantitative estimate of drug-likeness (QED) is 0.668. The van der Waals surface area contributed by atoms with Gasteiger partial charge in [-0.2, -0.15) is 0 Å². The molecule has 0 unspecified atom stereocenters. The Morgan fingerprint density at radius 3 is 2.56 bits per heavy atom. The van der Waals surface area contributed by atoms with Gasteiger partial charge in [-0.3, -0.25) is 14.6 Å². The van der Waals surface area contributed by atoms with Gasteiger partial charge in [-0.1, -0.05) is 12.1 Å². The van der Waals surface area contributed by atoms with E-state index in [1.807, 2.05) is 37.3 Å². The number of fused-ring (bicyclic) bond motifs is 2. The monoisotopic (exact) mass is 436 g/mol. The van der Waals surface area contributed by atoms with Gasteiger partial charge >= 0.3 is 0 Å². The fraction of sp³-hybridized carbons (Fsp3) is 0.400. The maximum Gasteiger partial charge on any atom is 0.231 e. The molecule has 5 rings (SSSR count). The number of Topliss-reactive ketones (excluding diaryl/α,β-unsaturated/α-hetero) is 1. The summed E-state index contributed by atoms with van der Waals surface area (Å²) in [6, 6.07) is 9.47. The third kappa shape index (κ3) is 4.11.